The second-order valence-electron chi connectivity index (χ2n) is 11.4. The number of alkyl halides is 1. The predicted molar refractivity (Wildman–Crippen MR) is 169 cm³/mol. The van der Waals surface area contributed by atoms with Gasteiger partial charge < -0.3 is 19.6 Å². The highest BCUT2D eigenvalue weighted by Crippen LogP contribution is 2.30. The maximum atomic E-state index is 13.5. The van der Waals surface area contributed by atoms with E-state index in [4.69, 9.17) is 16.0 Å². The molecule has 3 aromatic heterocycles. The Bertz CT molecular complexity index is 1880. The lowest BCUT2D eigenvalue weighted by atomic mass is 9.91. The maximum absolute atomic E-state index is 13.5. The molecule has 2 N–H and O–H groups in total. The number of piperidine rings is 1. The minimum absolute atomic E-state index is 0.108. The molecule has 240 valence electrons. The van der Waals surface area contributed by atoms with Gasteiger partial charge in [0.1, 0.15) is 18.8 Å². The van der Waals surface area contributed by atoms with E-state index in [-0.39, 0.29) is 30.8 Å². The fourth-order valence-corrected chi connectivity index (χ4v) is 5.94. The van der Waals surface area contributed by atoms with Crippen LogP contribution in [0.25, 0.3) is 33.6 Å². The van der Waals surface area contributed by atoms with Gasteiger partial charge in [-0.2, -0.15) is 5.10 Å². The molecule has 12 nitrogen and oxygen atoms in total. The largest absolute Gasteiger partial charge is 0.447 e. The lowest BCUT2D eigenvalue weighted by molar-refractivity contribution is -0.0364. The number of rotatable bonds is 10. The standard InChI is InChI=1S/C32H33ClFN7O5/c1-39-29(22-4-2-21(3-5-22)15-36-31(43)45-13-10-34)27-28(38-39)30(42)41(19-37-27)18-32(44)8-11-40(12-9-32)17-24-7-6-23(14-25(24)33)26-16-35-20-46-26/h2-7,14,16,19-20,44H,8-13,15,17-18H2,1H3,(H,36,43). The van der Waals surface area contributed by atoms with Crippen LogP contribution in [0, 0.1) is 0 Å². The number of ether oxygens (including phenoxy) is 1. The van der Waals surface area contributed by atoms with Gasteiger partial charge in [0.05, 0.1) is 30.4 Å². The van der Waals surface area contributed by atoms with E-state index in [1.54, 1.807) is 17.9 Å². The molecule has 6 rings (SSSR count). The number of aryl methyl sites for hydroxylation is 1. The number of amides is 1. The van der Waals surface area contributed by atoms with E-state index in [0.29, 0.717) is 54.5 Å². The summed E-state index contributed by atoms with van der Waals surface area (Å²) in [4.78, 5) is 35.8. The molecule has 2 aromatic carbocycles. The van der Waals surface area contributed by atoms with Gasteiger partial charge in [-0.3, -0.25) is 18.9 Å². The van der Waals surface area contributed by atoms with Crippen molar-refractivity contribution in [2.75, 3.05) is 26.4 Å². The number of nitrogens with one attached hydrogen (secondary N) is 1. The molecule has 0 radical (unpaired) electrons. The lowest BCUT2D eigenvalue weighted by Crippen LogP contribution is -2.47. The van der Waals surface area contributed by atoms with Crippen LogP contribution in [0.3, 0.4) is 0 Å². The Hall–Kier alpha value is -4.59. The Balaban J connectivity index is 1.10. The van der Waals surface area contributed by atoms with Crippen LogP contribution in [0.1, 0.15) is 24.0 Å². The zero-order valence-corrected chi connectivity index (χ0v) is 25.9. The molecule has 1 fully saturated rings. The van der Waals surface area contributed by atoms with E-state index in [0.717, 1.165) is 22.3 Å². The summed E-state index contributed by atoms with van der Waals surface area (Å²) in [6.45, 7) is 1.21. The third-order valence-corrected chi connectivity index (χ3v) is 8.55. The molecule has 0 spiro atoms. The summed E-state index contributed by atoms with van der Waals surface area (Å²) in [7, 11) is 1.74. The zero-order chi connectivity index (χ0) is 32.3. The number of hydrogen-bond donors (Lipinski definition) is 2. The Morgan fingerprint density at radius 1 is 1.15 bits per heavy atom. The average molecular weight is 650 g/mol. The van der Waals surface area contributed by atoms with Crippen LogP contribution in [0.5, 0.6) is 0 Å². The molecule has 5 aromatic rings. The molecule has 46 heavy (non-hydrogen) atoms. The van der Waals surface area contributed by atoms with Crippen molar-refractivity contribution >= 4 is 28.7 Å². The van der Waals surface area contributed by atoms with E-state index < -0.39 is 18.4 Å². The molecular weight excluding hydrogens is 617 g/mol. The second-order valence-corrected chi connectivity index (χ2v) is 11.8. The molecule has 1 saturated heterocycles. The van der Waals surface area contributed by atoms with Gasteiger partial charge in [-0.05, 0) is 30.0 Å². The first kappa shape index (κ1) is 31.4. The number of benzene rings is 2. The molecular formula is C32H33ClFN7O5. The highest BCUT2D eigenvalue weighted by molar-refractivity contribution is 6.31. The smallest absolute Gasteiger partial charge is 0.407 e. The number of halogens is 2. The van der Waals surface area contributed by atoms with Crippen LogP contribution >= 0.6 is 11.6 Å². The van der Waals surface area contributed by atoms with Crippen LogP contribution in [-0.4, -0.2) is 72.4 Å². The first-order valence-electron chi connectivity index (χ1n) is 14.8. The van der Waals surface area contributed by atoms with Gasteiger partial charge in [0, 0.05) is 49.4 Å². The highest BCUT2D eigenvalue weighted by atomic mass is 35.5. The molecule has 1 aliphatic rings. The topological polar surface area (TPSA) is 141 Å². The van der Waals surface area contributed by atoms with Crippen molar-refractivity contribution in [1.82, 2.24) is 34.5 Å². The number of oxazole rings is 1. The molecule has 1 aliphatic heterocycles. The number of carbonyl (C=O) groups is 1. The maximum Gasteiger partial charge on any atom is 0.407 e. The number of nitrogens with zero attached hydrogens (tertiary/aromatic N) is 6. The van der Waals surface area contributed by atoms with Crippen LogP contribution in [0.15, 0.2) is 70.6 Å². The molecule has 0 saturated carbocycles. The molecule has 14 heteroatoms. The van der Waals surface area contributed by atoms with Gasteiger partial charge in [0.25, 0.3) is 5.56 Å². The third kappa shape index (κ3) is 6.81. The molecule has 0 bridgehead atoms. The molecule has 4 heterocycles. The molecule has 0 atom stereocenters. The van der Waals surface area contributed by atoms with Crippen LogP contribution in [0.4, 0.5) is 9.18 Å². The van der Waals surface area contributed by atoms with Crippen LogP contribution < -0.4 is 10.9 Å². The van der Waals surface area contributed by atoms with Gasteiger partial charge in [-0.15, -0.1) is 0 Å². The predicted octanol–water partition coefficient (Wildman–Crippen LogP) is 4.33. The monoisotopic (exact) mass is 649 g/mol. The summed E-state index contributed by atoms with van der Waals surface area (Å²) < 4.78 is 25.3. The number of carbonyl (C=O) groups excluding carboxylic acids is 1. The summed E-state index contributed by atoms with van der Waals surface area (Å²) in [6, 6.07) is 13.1. The van der Waals surface area contributed by atoms with Crippen molar-refractivity contribution < 1.29 is 23.4 Å². The summed E-state index contributed by atoms with van der Waals surface area (Å²) in [5, 5.41) is 19.1. The van der Waals surface area contributed by atoms with Gasteiger partial charge >= 0.3 is 6.09 Å². The van der Waals surface area contributed by atoms with E-state index >= 15 is 0 Å². The van der Waals surface area contributed by atoms with Crippen molar-refractivity contribution in [2.45, 2.75) is 38.1 Å². The van der Waals surface area contributed by atoms with Gasteiger partial charge in [-0.25, -0.2) is 19.2 Å². The number of aliphatic hydroxyl groups is 1. The van der Waals surface area contributed by atoms with E-state index in [1.165, 1.54) is 17.3 Å². The Labute approximate surface area is 268 Å². The SMILES string of the molecule is Cn1nc2c(=O)n(CC3(O)CCN(Cc4ccc(-c5cnco5)cc4Cl)CC3)cnc2c1-c1ccc(CNC(=O)OCCF)cc1. The lowest BCUT2D eigenvalue weighted by Gasteiger charge is -2.38. The minimum Gasteiger partial charge on any atom is -0.447 e. The summed E-state index contributed by atoms with van der Waals surface area (Å²) in [5.74, 6) is 0.651. The van der Waals surface area contributed by atoms with E-state index in [1.807, 2.05) is 42.5 Å². The summed E-state index contributed by atoms with van der Waals surface area (Å²) >= 11 is 6.57. The van der Waals surface area contributed by atoms with E-state index in [9.17, 15) is 19.1 Å². The van der Waals surface area contributed by atoms with Gasteiger partial charge in [0.2, 0.25) is 0 Å². The first-order chi connectivity index (χ1) is 22.2. The molecule has 0 unspecified atom stereocenters. The minimum atomic E-state index is -1.07. The van der Waals surface area contributed by atoms with Gasteiger partial charge in [0.15, 0.2) is 17.7 Å². The quantitative estimate of drug-likeness (QED) is 0.226. The fourth-order valence-electron chi connectivity index (χ4n) is 5.70. The van der Waals surface area contributed by atoms with Crippen LogP contribution in [-0.2, 0) is 31.4 Å². The van der Waals surface area contributed by atoms with Crippen molar-refractivity contribution in [3.05, 3.63) is 87.9 Å². The zero-order valence-electron chi connectivity index (χ0n) is 25.2. The number of aromatic nitrogens is 5. The first-order valence-corrected chi connectivity index (χ1v) is 15.2. The summed E-state index contributed by atoms with van der Waals surface area (Å²) in [5.41, 5.74) is 3.37. The fraction of sp³-hybridized carbons (Fsp3) is 0.344. The summed E-state index contributed by atoms with van der Waals surface area (Å²) in [6.07, 6.45) is 4.76. The average Bonchev–Trinajstić information content (AvgIpc) is 3.71. The second kappa shape index (κ2) is 13.4. The Kier molecular flexibility index (Phi) is 9.15. The van der Waals surface area contributed by atoms with Crippen molar-refractivity contribution in [3.8, 4) is 22.6 Å². The van der Waals surface area contributed by atoms with Gasteiger partial charge in [-0.1, -0.05) is 48.0 Å². The number of likely N-dealkylation sites (tertiary alicyclic amines) is 1. The Morgan fingerprint density at radius 2 is 1.91 bits per heavy atom. The number of hydrogen-bond acceptors (Lipinski definition) is 9. The van der Waals surface area contributed by atoms with Crippen LogP contribution in [0.2, 0.25) is 5.02 Å². The van der Waals surface area contributed by atoms with Crippen molar-refractivity contribution in [1.29, 1.82) is 0 Å². The highest BCUT2D eigenvalue weighted by Gasteiger charge is 2.33. The molecule has 1 amide bonds. The number of alkyl carbamates (subject to hydrolysis) is 1. The number of fused-ring (bicyclic) bond motifs is 1. The molecule has 0 aliphatic carbocycles. The van der Waals surface area contributed by atoms with Crippen molar-refractivity contribution in [2.24, 2.45) is 7.05 Å². The van der Waals surface area contributed by atoms with Crippen molar-refractivity contribution in [3.63, 3.8) is 0 Å². The normalized spacial score (nSPS) is 14.9. The Morgan fingerprint density at radius 3 is 2.61 bits per heavy atom. The van der Waals surface area contributed by atoms with E-state index in [2.05, 4.69) is 30.0 Å². The third-order valence-electron chi connectivity index (χ3n) is 8.20.